The number of likely N-dealkylation sites (N-methyl/N-ethyl adjacent to an activating group) is 1. The van der Waals surface area contributed by atoms with E-state index in [0.717, 1.165) is 0 Å². The van der Waals surface area contributed by atoms with Crippen LogP contribution >= 0.6 is 0 Å². The highest BCUT2D eigenvalue weighted by Crippen LogP contribution is 2.21. The molecule has 110 valence electrons. The number of amides is 1. The molecule has 1 unspecified atom stereocenters. The third-order valence-corrected chi connectivity index (χ3v) is 3.58. The van der Waals surface area contributed by atoms with Crippen molar-refractivity contribution in [3.63, 3.8) is 0 Å². The Kier molecular flexibility index (Phi) is 4.95. The topological polar surface area (TPSA) is 82.4 Å². The Balaban J connectivity index is 2.88. The molecule has 7 heteroatoms. The summed E-state index contributed by atoms with van der Waals surface area (Å²) in [5, 5.41) is 12.1. The molecule has 1 atom stereocenters. The van der Waals surface area contributed by atoms with Crippen LogP contribution in [-0.4, -0.2) is 45.2 Å². The summed E-state index contributed by atoms with van der Waals surface area (Å²) < 4.78 is 5.33. The minimum absolute atomic E-state index is 0.0125. The van der Waals surface area contributed by atoms with Crippen LogP contribution in [0.15, 0.2) is 11.3 Å². The zero-order valence-electron chi connectivity index (χ0n) is 12.6. The lowest BCUT2D eigenvalue weighted by atomic mass is 10.1. The summed E-state index contributed by atoms with van der Waals surface area (Å²) in [6, 6.07) is 1.52. The second-order valence-corrected chi connectivity index (χ2v) is 10.4. The SMILES string of the molecule is CN(C)C(=O)C1CC/C(=C(\C#N)C(=O)O[Si](C)(C)C)N1. The number of nitriles is 1. The van der Waals surface area contributed by atoms with E-state index in [9.17, 15) is 9.59 Å². The van der Waals surface area contributed by atoms with Crippen LogP contribution in [0.3, 0.4) is 0 Å². The molecule has 0 aromatic rings. The van der Waals surface area contributed by atoms with Crippen LogP contribution < -0.4 is 5.32 Å². The fourth-order valence-corrected chi connectivity index (χ4v) is 2.56. The highest BCUT2D eigenvalue weighted by atomic mass is 28.4. The molecule has 0 radical (unpaired) electrons. The van der Waals surface area contributed by atoms with Gasteiger partial charge in [0.05, 0.1) is 0 Å². The summed E-state index contributed by atoms with van der Waals surface area (Å²) in [6.07, 6.45) is 1.09. The molecule has 1 rings (SSSR count). The van der Waals surface area contributed by atoms with E-state index in [1.54, 1.807) is 14.1 Å². The molecule has 1 saturated heterocycles. The fourth-order valence-electron chi connectivity index (χ4n) is 1.90. The molecule has 0 aromatic carbocycles. The second kappa shape index (κ2) is 6.09. The van der Waals surface area contributed by atoms with Crippen molar-refractivity contribution >= 4 is 20.2 Å². The standard InChI is InChI=1S/C13H21N3O3Si/c1-16(2)12(17)11-7-6-10(15-11)9(8-14)13(18)19-20(3,4)5/h11,15H,6-7H2,1-5H3/b10-9-. The van der Waals surface area contributed by atoms with Crippen LogP contribution in [0.2, 0.25) is 19.6 Å². The van der Waals surface area contributed by atoms with Gasteiger partial charge in [-0.2, -0.15) is 5.26 Å². The molecule has 0 aliphatic carbocycles. The highest BCUT2D eigenvalue weighted by Gasteiger charge is 2.31. The van der Waals surface area contributed by atoms with Gasteiger partial charge in [-0.1, -0.05) is 0 Å². The monoisotopic (exact) mass is 295 g/mol. The zero-order chi connectivity index (χ0) is 15.5. The fraction of sp³-hybridized carbons (Fsp3) is 0.615. The Hall–Kier alpha value is -1.81. The second-order valence-electron chi connectivity index (χ2n) is 5.94. The van der Waals surface area contributed by atoms with E-state index in [4.69, 9.17) is 9.69 Å². The third kappa shape index (κ3) is 4.10. The van der Waals surface area contributed by atoms with Crippen LogP contribution in [0.4, 0.5) is 0 Å². The Morgan fingerprint density at radius 3 is 2.45 bits per heavy atom. The van der Waals surface area contributed by atoms with Crippen molar-refractivity contribution in [2.24, 2.45) is 0 Å². The first-order chi connectivity index (χ1) is 9.15. The van der Waals surface area contributed by atoms with Gasteiger partial charge in [0.25, 0.3) is 0 Å². The molecule has 20 heavy (non-hydrogen) atoms. The van der Waals surface area contributed by atoms with Crippen molar-refractivity contribution in [3.05, 3.63) is 11.3 Å². The molecule has 1 aliphatic heterocycles. The lowest BCUT2D eigenvalue weighted by Gasteiger charge is -2.18. The van der Waals surface area contributed by atoms with Crippen molar-refractivity contribution in [1.29, 1.82) is 5.26 Å². The number of carbonyl (C=O) groups is 2. The first kappa shape index (κ1) is 16.2. The summed E-state index contributed by atoms with van der Waals surface area (Å²) in [5.41, 5.74) is 0.498. The first-order valence-corrected chi connectivity index (χ1v) is 9.91. The molecule has 0 saturated carbocycles. The number of hydrogen-bond acceptors (Lipinski definition) is 5. The molecule has 1 fully saturated rings. The van der Waals surface area contributed by atoms with E-state index < -0.39 is 14.3 Å². The van der Waals surface area contributed by atoms with Gasteiger partial charge >= 0.3 is 5.97 Å². The van der Waals surface area contributed by atoms with Gasteiger partial charge in [0.15, 0.2) is 5.57 Å². The highest BCUT2D eigenvalue weighted by molar-refractivity contribution is 6.71. The third-order valence-electron chi connectivity index (χ3n) is 2.79. The average Bonchev–Trinajstić information content (AvgIpc) is 2.75. The van der Waals surface area contributed by atoms with E-state index >= 15 is 0 Å². The van der Waals surface area contributed by atoms with E-state index in [2.05, 4.69) is 5.32 Å². The van der Waals surface area contributed by atoms with Crippen LogP contribution in [0.25, 0.3) is 0 Å². The molecule has 1 N–H and O–H groups in total. The minimum Gasteiger partial charge on any atom is -0.516 e. The molecule has 0 spiro atoms. The number of hydrogen-bond donors (Lipinski definition) is 1. The van der Waals surface area contributed by atoms with Crippen LogP contribution in [0.5, 0.6) is 0 Å². The molecule has 1 aliphatic rings. The lowest BCUT2D eigenvalue weighted by molar-refractivity contribution is -0.131. The van der Waals surface area contributed by atoms with Crippen molar-refractivity contribution in [3.8, 4) is 6.07 Å². The van der Waals surface area contributed by atoms with Crippen LogP contribution in [-0.2, 0) is 14.0 Å². The molecular weight excluding hydrogens is 274 g/mol. The van der Waals surface area contributed by atoms with Gasteiger partial charge in [0.2, 0.25) is 14.2 Å². The minimum atomic E-state index is -2.04. The maximum atomic E-state index is 12.0. The maximum Gasteiger partial charge on any atom is 0.337 e. The van der Waals surface area contributed by atoms with Gasteiger partial charge in [-0.25, -0.2) is 4.79 Å². The Morgan fingerprint density at radius 1 is 1.40 bits per heavy atom. The van der Waals surface area contributed by atoms with Gasteiger partial charge in [-0.15, -0.1) is 0 Å². The lowest BCUT2D eigenvalue weighted by Crippen LogP contribution is -2.39. The van der Waals surface area contributed by atoms with E-state index in [-0.39, 0.29) is 17.5 Å². The Morgan fingerprint density at radius 2 is 2.00 bits per heavy atom. The van der Waals surface area contributed by atoms with Gasteiger partial charge in [0.1, 0.15) is 12.1 Å². The smallest absolute Gasteiger partial charge is 0.337 e. The molecule has 6 nitrogen and oxygen atoms in total. The van der Waals surface area contributed by atoms with E-state index in [1.807, 2.05) is 25.7 Å². The van der Waals surface area contributed by atoms with E-state index in [1.165, 1.54) is 4.90 Å². The van der Waals surface area contributed by atoms with Gasteiger partial charge in [-0.3, -0.25) is 4.79 Å². The number of carbonyl (C=O) groups excluding carboxylic acids is 2. The number of nitrogens with zero attached hydrogens (tertiary/aromatic N) is 2. The van der Waals surface area contributed by atoms with Crippen LogP contribution in [0.1, 0.15) is 12.8 Å². The number of rotatable bonds is 3. The molecule has 0 bridgehead atoms. The molecule has 1 amide bonds. The summed E-state index contributed by atoms with van der Waals surface area (Å²) in [5.74, 6) is -0.650. The molecular formula is C13H21N3O3Si. The van der Waals surface area contributed by atoms with Crippen molar-refractivity contribution in [2.75, 3.05) is 14.1 Å². The maximum absolute atomic E-state index is 12.0. The average molecular weight is 295 g/mol. The zero-order valence-corrected chi connectivity index (χ0v) is 13.6. The van der Waals surface area contributed by atoms with Crippen molar-refractivity contribution in [2.45, 2.75) is 38.5 Å². The van der Waals surface area contributed by atoms with Crippen LogP contribution in [0, 0.1) is 11.3 Å². The summed E-state index contributed by atoms with van der Waals surface area (Å²) in [7, 11) is 1.31. The summed E-state index contributed by atoms with van der Waals surface area (Å²) in [6.45, 7) is 5.64. The predicted molar refractivity (Wildman–Crippen MR) is 76.9 cm³/mol. The van der Waals surface area contributed by atoms with Gasteiger partial charge in [0, 0.05) is 19.8 Å². The Bertz CT molecular complexity index is 486. The van der Waals surface area contributed by atoms with Crippen molar-refractivity contribution in [1.82, 2.24) is 10.2 Å². The van der Waals surface area contributed by atoms with Crippen molar-refractivity contribution < 1.29 is 14.0 Å². The summed E-state index contributed by atoms with van der Waals surface area (Å²) in [4.78, 5) is 25.3. The van der Waals surface area contributed by atoms with Gasteiger partial charge < -0.3 is 14.6 Å². The quantitative estimate of drug-likeness (QED) is 0.477. The van der Waals surface area contributed by atoms with Gasteiger partial charge in [-0.05, 0) is 32.5 Å². The first-order valence-electron chi connectivity index (χ1n) is 6.50. The van der Waals surface area contributed by atoms with E-state index in [0.29, 0.717) is 18.5 Å². The Labute approximate surface area is 120 Å². The molecule has 1 heterocycles. The predicted octanol–water partition coefficient (Wildman–Crippen LogP) is 0.982. The summed E-state index contributed by atoms with van der Waals surface area (Å²) >= 11 is 0. The number of nitrogens with one attached hydrogen (secondary N) is 1. The molecule has 0 aromatic heterocycles. The normalized spacial score (nSPS) is 20.7. The largest absolute Gasteiger partial charge is 0.516 e. The number of allylic oxidation sites excluding steroid dienone is 1.